The lowest BCUT2D eigenvalue weighted by molar-refractivity contribution is -0.122. The molecule has 9 heteroatoms. The zero-order chi connectivity index (χ0) is 29.4. The van der Waals surface area contributed by atoms with E-state index in [0.29, 0.717) is 27.5 Å². The molecule has 5 rings (SSSR count). The first-order chi connectivity index (χ1) is 19.4. The van der Waals surface area contributed by atoms with Gasteiger partial charge in [-0.3, -0.25) is 13.9 Å². The van der Waals surface area contributed by atoms with E-state index in [4.69, 9.17) is 16.3 Å². The van der Waals surface area contributed by atoms with Gasteiger partial charge in [0.1, 0.15) is 5.75 Å². The first kappa shape index (κ1) is 28.4. The molecule has 0 saturated carbocycles. The fraction of sp³-hybridized carbons (Fsp3) is 0.188. The van der Waals surface area contributed by atoms with E-state index in [1.165, 1.54) is 28.6 Å². The molecule has 0 bridgehead atoms. The summed E-state index contributed by atoms with van der Waals surface area (Å²) in [6.07, 6.45) is -1.14. The van der Waals surface area contributed by atoms with Crippen LogP contribution >= 0.6 is 11.6 Å². The number of nitrogens with zero attached hydrogens (tertiary/aromatic N) is 1. The van der Waals surface area contributed by atoms with Crippen LogP contribution in [0.25, 0.3) is 0 Å². The molecule has 0 saturated heterocycles. The highest BCUT2D eigenvalue weighted by atomic mass is 35.5. The van der Waals surface area contributed by atoms with Gasteiger partial charge < -0.3 is 10.1 Å². The van der Waals surface area contributed by atoms with Gasteiger partial charge in [0.15, 0.2) is 11.9 Å². The Labute approximate surface area is 244 Å². The number of ketones is 1. The van der Waals surface area contributed by atoms with Crippen LogP contribution in [0.15, 0.2) is 102 Å². The van der Waals surface area contributed by atoms with Crippen LogP contribution in [-0.4, -0.2) is 32.8 Å². The molecular weight excluding hydrogens is 560 g/mol. The second-order valence-electron chi connectivity index (χ2n) is 10.8. The molecule has 0 fully saturated rings. The van der Waals surface area contributed by atoms with Crippen molar-refractivity contribution in [2.24, 2.45) is 0 Å². The molecule has 1 aliphatic heterocycles. The minimum atomic E-state index is -4.02. The van der Waals surface area contributed by atoms with E-state index in [1.807, 2.05) is 12.1 Å². The van der Waals surface area contributed by atoms with Crippen molar-refractivity contribution in [3.8, 4) is 5.75 Å². The number of carbonyl (C=O) groups excluding carboxylic acids is 2. The number of para-hydroxylation sites is 2. The lowest BCUT2D eigenvalue weighted by Gasteiger charge is -2.34. The van der Waals surface area contributed by atoms with Gasteiger partial charge in [-0.15, -0.1) is 0 Å². The summed E-state index contributed by atoms with van der Waals surface area (Å²) in [6, 6.07) is 26.6. The monoisotopic (exact) mass is 588 g/mol. The summed E-state index contributed by atoms with van der Waals surface area (Å²) in [6.45, 7) is 6.08. The van der Waals surface area contributed by atoms with Crippen molar-refractivity contribution in [2.45, 2.75) is 37.2 Å². The number of ether oxygens (including phenoxy) is 1. The Morgan fingerprint density at radius 1 is 0.878 bits per heavy atom. The van der Waals surface area contributed by atoms with Gasteiger partial charge in [-0.1, -0.05) is 80.9 Å². The summed E-state index contributed by atoms with van der Waals surface area (Å²) < 4.78 is 34.2. The van der Waals surface area contributed by atoms with E-state index in [1.54, 1.807) is 60.7 Å². The van der Waals surface area contributed by atoms with E-state index in [2.05, 4.69) is 26.1 Å². The standard InChI is InChI=1S/C32H29ClN2O5S/c1-32(2,3)23-13-11-21(12-14-23)30(36)22-7-6-8-25(19-22)34-31(37)29-20-35(27-9-4-5-10-28(27)40-29)41(38,39)26-17-15-24(33)16-18-26/h4-19,29H,20H2,1-3H3,(H,34,37)/t29-/m1/s1. The summed E-state index contributed by atoms with van der Waals surface area (Å²) in [5, 5.41) is 3.19. The molecule has 210 valence electrons. The first-order valence-corrected chi connectivity index (χ1v) is 14.9. The number of anilines is 2. The van der Waals surface area contributed by atoms with E-state index >= 15 is 0 Å². The Morgan fingerprint density at radius 2 is 1.56 bits per heavy atom. The van der Waals surface area contributed by atoms with Crippen molar-refractivity contribution in [1.82, 2.24) is 0 Å². The van der Waals surface area contributed by atoms with Crippen molar-refractivity contribution >= 4 is 44.7 Å². The van der Waals surface area contributed by atoms with Gasteiger partial charge in [-0.25, -0.2) is 8.42 Å². The fourth-order valence-electron chi connectivity index (χ4n) is 4.55. The molecule has 4 aromatic carbocycles. The molecule has 0 radical (unpaired) electrons. The number of rotatable bonds is 6. The summed E-state index contributed by atoms with van der Waals surface area (Å²) in [7, 11) is -4.02. The van der Waals surface area contributed by atoms with Crippen LogP contribution in [-0.2, 0) is 20.2 Å². The topological polar surface area (TPSA) is 92.8 Å². The highest BCUT2D eigenvalue weighted by Gasteiger charge is 2.37. The van der Waals surface area contributed by atoms with Gasteiger partial charge in [0, 0.05) is 21.8 Å². The van der Waals surface area contributed by atoms with E-state index < -0.39 is 22.0 Å². The Bertz CT molecular complexity index is 1710. The number of sulfonamides is 1. The number of nitrogens with one attached hydrogen (secondary N) is 1. The van der Waals surface area contributed by atoms with Gasteiger partial charge in [-0.05, 0) is 59.5 Å². The smallest absolute Gasteiger partial charge is 0.267 e. The SMILES string of the molecule is CC(C)(C)c1ccc(C(=O)c2cccc(NC(=O)[C@H]3CN(S(=O)(=O)c4ccc(Cl)cc4)c4ccccc4O3)c2)cc1. The maximum Gasteiger partial charge on any atom is 0.267 e. The normalized spacial score (nSPS) is 15.0. The largest absolute Gasteiger partial charge is 0.476 e. The molecule has 0 aliphatic carbocycles. The molecule has 7 nitrogen and oxygen atoms in total. The number of hydrogen-bond donors (Lipinski definition) is 1. The lowest BCUT2D eigenvalue weighted by Crippen LogP contribution is -2.48. The fourth-order valence-corrected chi connectivity index (χ4v) is 6.15. The average Bonchev–Trinajstić information content (AvgIpc) is 2.96. The van der Waals surface area contributed by atoms with Crippen LogP contribution in [0.4, 0.5) is 11.4 Å². The average molecular weight is 589 g/mol. The maximum absolute atomic E-state index is 13.6. The molecular formula is C32H29ClN2O5S. The molecule has 1 amide bonds. The number of fused-ring (bicyclic) bond motifs is 1. The third-order valence-electron chi connectivity index (χ3n) is 6.83. The number of amides is 1. The molecule has 0 aromatic heterocycles. The zero-order valence-electron chi connectivity index (χ0n) is 22.8. The summed E-state index contributed by atoms with van der Waals surface area (Å²) >= 11 is 5.96. The lowest BCUT2D eigenvalue weighted by atomic mass is 9.86. The van der Waals surface area contributed by atoms with E-state index in [9.17, 15) is 18.0 Å². The molecule has 1 heterocycles. The number of carbonyl (C=O) groups is 2. The molecule has 41 heavy (non-hydrogen) atoms. The third-order valence-corrected chi connectivity index (χ3v) is 8.88. The predicted molar refractivity (Wildman–Crippen MR) is 160 cm³/mol. The van der Waals surface area contributed by atoms with Gasteiger partial charge in [-0.2, -0.15) is 0 Å². The maximum atomic E-state index is 13.6. The van der Waals surface area contributed by atoms with E-state index in [0.717, 1.165) is 5.56 Å². The molecule has 1 aliphatic rings. The summed E-state index contributed by atoms with van der Waals surface area (Å²) in [5.41, 5.74) is 2.76. The zero-order valence-corrected chi connectivity index (χ0v) is 24.4. The van der Waals surface area contributed by atoms with Crippen LogP contribution in [0, 0.1) is 0 Å². The van der Waals surface area contributed by atoms with Crippen LogP contribution in [0.1, 0.15) is 42.3 Å². The summed E-state index contributed by atoms with van der Waals surface area (Å²) in [5.74, 6) is -0.460. The van der Waals surface area contributed by atoms with Gasteiger partial charge >= 0.3 is 0 Å². The number of halogens is 1. The Hall–Kier alpha value is -4.14. The number of hydrogen-bond acceptors (Lipinski definition) is 5. The Morgan fingerprint density at radius 3 is 2.24 bits per heavy atom. The quantitative estimate of drug-likeness (QED) is 0.261. The minimum Gasteiger partial charge on any atom is -0.476 e. The van der Waals surface area contributed by atoms with Gasteiger partial charge in [0.05, 0.1) is 17.1 Å². The summed E-state index contributed by atoms with van der Waals surface area (Å²) in [4.78, 5) is 26.6. The van der Waals surface area contributed by atoms with E-state index in [-0.39, 0.29) is 28.4 Å². The second kappa shape index (κ2) is 11.0. The van der Waals surface area contributed by atoms with Crippen molar-refractivity contribution in [2.75, 3.05) is 16.2 Å². The first-order valence-electron chi connectivity index (χ1n) is 13.0. The molecule has 0 spiro atoms. The molecule has 0 unspecified atom stereocenters. The minimum absolute atomic E-state index is 0.0305. The van der Waals surface area contributed by atoms with Crippen molar-refractivity contribution in [3.05, 3.63) is 119 Å². The second-order valence-corrected chi connectivity index (χ2v) is 13.1. The van der Waals surface area contributed by atoms with Crippen molar-refractivity contribution in [1.29, 1.82) is 0 Å². The third kappa shape index (κ3) is 5.99. The van der Waals surface area contributed by atoms with Gasteiger partial charge in [0.2, 0.25) is 0 Å². The predicted octanol–water partition coefficient (Wildman–Crippen LogP) is 6.46. The van der Waals surface area contributed by atoms with Gasteiger partial charge in [0.25, 0.3) is 15.9 Å². The van der Waals surface area contributed by atoms with Crippen molar-refractivity contribution < 1.29 is 22.7 Å². The molecule has 4 aromatic rings. The van der Waals surface area contributed by atoms with Crippen LogP contribution in [0.2, 0.25) is 5.02 Å². The Kier molecular flexibility index (Phi) is 7.64. The Balaban J connectivity index is 1.37. The molecule has 1 atom stereocenters. The molecule has 1 N–H and O–H groups in total. The highest BCUT2D eigenvalue weighted by molar-refractivity contribution is 7.92. The van der Waals surface area contributed by atoms with Crippen molar-refractivity contribution in [3.63, 3.8) is 0 Å². The highest BCUT2D eigenvalue weighted by Crippen LogP contribution is 2.37. The van der Waals surface area contributed by atoms with Crippen LogP contribution < -0.4 is 14.4 Å². The van der Waals surface area contributed by atoms with Crippen LogP contribution in [0.5, 0.6) is 5.75 Å². The van der Waals surface area contributed by atoms with Crippen LogP contribution in [0.3, 0.4) is 0 Å². The number of benzene rings is 4.